The number of urea groups is 2. The number of hydrogen-bond donors (Lipinski definition) is 2. The number of fused-ring (bicyclic) bond motifs is 1. The van der Waals surface area contributed by atoms with Crippen LogP contribution in [0.3, 0.4) is 0 Å². The number of nitrogens with one attached hydrogen (secondary N) is 2. The van der Waals surface area contributed by atoms with E-state index in [0.29, 0.717) is 28.4 Å². The van der Waals surface area contributed by atoms with E-state index in [1.165, 1.54) is 42.0 Å². The van der Waals surface area contributed by atoms with Gasteiger partial charge in [-0.3, -0.25) is 0 Å². The van der Waals surface area contributed by atoms with Gasteiger partial charge in [0.25, 0.3) is 0 Å². The van der Waals surface area contributed by atoms with Crippen molar-refractivity contribution in [3.8, 4) is 11.1 Å². The topological polar surface area (TPSA) is 83.1 Å². The van der Waals surface area contributed by atoms with Gasteiger partial charge < -0.3 is 29.9 Å². The number of amides is 4. The van der Waals surface area contributed by atoms with Crippen molar-refractivity contribution in [2.24, 2.45) is 23.2 Å². The van der Waals surface area contributed by atoms with Crippen molar-refractivity contribution in [1.29, 1.82) is 0 Å². The van der Waals surface area contributed by atoms with Gasteiger partial charge in [0.1, 0.15) is 12.2 Å². The van der Waals surface area contributed by atoms with Crippen LogP contribution in [0.15, 0.2) is 84.9 Å². The van der Waals surface area contributed by atoms with Crippen LogP contribution in [0.5, 0.6) is 0 Å². The van der Waals surface area contributed by atoms with Gasteiger partial charge in [-0.15, -0.1) is 0 Å². The predicted octanol–water partition coefficient (Wildman–Crippen LogP) is 11.4. The van der Waals surface area contributed by atoms with Crippen molar-refractivity contribution in [1.82, 2.24) is 20.4 Å². The van der Waals surface area contributed by atoms with Gasteiger partial charge in [-0.05, 0) is 135 Å². The number of benzene rings is 4. The number of hydrogen-bond acceptors (Lipinski definition) is 4. The molecule has 2 N–H and O–H groups in total. The van der Waals surface area contributed by atoms with Gasteiger partial charge >= 0.3 is 24.4 Å². The quantitative estimate of drug-likeness (QED) is 0.155. The summed E-state index contributed by atoms with van der Waals surface area (Å²) in [6, 6.07) is 20.6. The summed E-state index contributed by atoms with van der Waals surface area (Å²) in [7, 11) is 0. The second kappa shape index (κ2) is 15.8. The first-order chi connectivity index (χ1) is 31.1. The van der Waals surface area contributed by atoms with E-state index in [-0.39, 0.29) is 66.0 Å². The van der Waals surface area contributed by atoms with Gasteiger partial charge in [0, 0.05) is 11.1 Å². The summed E-state index contributed by atoms with van der Waals surface area (Å²) >= 11 is 0. The average molecular weight is 915 g/mol. The lowest BCUT2D eigenvalue weighted by Gasteiger charge is -2.66. The van der Waals surface area contributed by atoms with Crippen LogP contribution in [0.2, 0.25) is 0 Å². The summed E-state index contributed by atoms with van der Waals surface area (Å²) in [5.74, 6) is 2.22. The van der Waals surface area contributed by atoms with Crippen LogP contribution >= 0.6 is 0 Å². The lowest BCUT2D eigenvalue weighted by Crippen LogP contribution is -2.62. The molecule has 14 heteroatoms. The minimum absolute atomic E-state index is 0.0597. The molecule has 4 saturated carbocycles. The van der Waals surface area contributed by atoms with Gasteiger partial charge in [0.15, 0.2) is 0 Å². The Kier molecular flexibility index (Phi) is 10.7. The van der Waals surface area contributed by atoms with Crippen LogP contribution in [0, 0.1) is 37.0 Å². The molecule has 0 radical (unpaired) electrons. The third kappa shape index (κ3) is 8.03. The Morgan fingerprint density at radius 1 is 0.621 bits per heavy atom. The predicted molar refractivity (Wildman–Crippen MR) is 236 cm³/mol. The molecule has 4 aromatic rings. The average Bonchev–Trinajstić information content (AvgIpc) is 3.67. The highest BCUT2D eigenvalue weighted by molar-refractivity contribution is 5.77. The van der Waals surface area contributed by atoms with Crippen molar-refractivity contribution >= 4 is 12.1 Å². The third-order valence-electron chi connectivity index (χ3n) is 15.5. The molecule has 10 rings (SSSR count). The Hall–Kier alpha value is -5.08. The number of alkyl halides is 6. The van der Waals surface area contributed by atoms with Crippen molar-refractivity contribution < 1.29 is 45.4 Å². The van der Waals surface area contributed by atoms with E-state index in [4.69, 9.17) is 9.47 Å². The fraction of sp³-hybridized carbons (Fsp3) is 0.500. The number of halogens is 6. The van der Waals surface area contributed by atoms with Crippen molar-refractivity contribution in [2.75, 3.05) is 26.2 Å². The number of rotatable bonds is 10. The first-order valence-electron chi connectivity index (χ1n) is 23.1. The summed E-state index contributed by atoms with van der Waals surface area (Å²) in [6.45, 7) is 10.0. The highest BCUT2D eigenvalue weighted by Gasteiger charge is 2.77. The molecule has 0 aromatic heterocycles. The molecule has 2 bridgehead atoms. The van der Waals surface area contributed by atoms with E-state index >= 15 is 26.3 Å². The molecule has 6 fully saturated rings. The second-order valence-corrected chi connectivity index (χ2v) is 21.2. The number of aryl methyl sites for hydroxylation is 2. The molecule has 1 spiro atoms. The van der Waals surface area contributed by atoms with E-state index in [2.05, 4.69) is 10.6 Å². The number of likely N-dealkylation sites (tertiary alicyclic amines) is 2. The summed E-state index contributed by atoms with van der Waals surface area (Å²) in [5, 5.41) is 6.26. The third-order valence-corrected chi connectivity index (χ3v) is 15.5. The normalized spacial score (nSPS) is 26.7. The van der Waals surface area contributed by atoms with Gasteiger partial charge in [-0.25, -0.2) is 9.59 Å². The largest absolute Gasteiger partial charge is 0.416 e. The van der Waals surface area contributed by atoms with Gasteiger partial charge in [-0.1, -0.05) is 83.9 Å². The lowest BCUT2D eigenvalue weighted by atomic mass is 9.38. The Bertz CT molecular complexity index is 2510. The molecule has 4 atom stereocenters. The Labute approximate surface area is 381 Å². The minimum atomic E-state index is -4.91. The minimum Gasteiger partial charge on any atom is -0.362 e. The smallest absolute Gasteiger partial charge is 0.362 e. The molecule has 2 heterocycles. The fourth-order valence-corrected chi connectivity index (χ4v) is 12.3. The first-order valence-corrected chi connectivity index (χ1v) is 23.1. The fourth-order valence-electron chi connectivity index (χ4n) is 12.3. The maximum Gasteiger partial charge on any atom is 0.416 e. The summed E-state index contributed by atoms with van der Waals surface area (Å²) in [4.78, 5) is 29.5. The molecule has 350 valence electrons. The molecule has 4 aliphatic carbocycles. The zero-order chi connectivity index (χ0) is 46.7. The standard InChI is InChI=1S/C52H56F6N4O4/c1-29-6-10-31(11-7-29)44(65-38-24-61(25-38)46(63)59-48(3,4)5)40-16-14-33(18-42(40)51(53,54)55)34-15-17-41(43(19-34)52(56,57)58)45(32-12-8-30(2)9-13-32)66-39-26-62(27-39)47(64)60-49-22-36-20-35-21-37(23-49)50(35,36)28-49/h6-19,35-39,44-45H,20-28H2,1-5H3,(H,59,63)(H,60,64). The second-order valence-electron chi connectivity index (χ2n) is 21.2. The van der Waals surface area contributed by atoms with Crippen LogP contribution in [0.4, 0.5) is 35.9 Å². The summed E-state index contributed by atoms with van der Waals surface area (Å²) in [5.41, 5.74) is -0.0645. The van der Waals surface area contributed by atoms with E-state index < -0.39 is 53.4 Å². The molecular weight excluding hydrogens is 859 g/mol. The van der Waals surface area contributed by atoms with Gasteiger partial charge in [-0.2, -0.15) is 26.3 Å². The van der Waals surface area contributed by atoms with Crippen LogP contribution < -0.4 is 10.6 Å². The number of carbonyl (C=O) groups is 2. The van der Waals surface area contributed by atoms with E-state index in [1.807, 2.05) is 34.6 Å². The van der Waals surface area contributed by atoms with Gasteiger partial charge in [0.2, 0.25) is 0 Å². The maximum atomic E-state index is 15.3. The van der Waals surface area contributed by atoms with E-state index in [9.17, 15) is 9.59 Å². The highest BCUT2D eigenvalue weighted by Crippen LogP contribution is 2.82. The van der Waals surface area contributed by atoms with Crippen molar-refractivity contribution in [2.45, 2.75) is 115 Å². The maximum absolute atomic E-state index is 15.3. The van der Waals surface area contributed by atoms with Gasteiger partial charge in [0.05, 0.1) is 49.5 Å². The molecule has 4 aromatic carbocycles. The molecule has 66 heavy (non-hydrogen) atoms. The van der Waals surface area contributed by atoms with Crippen LogP contribution in [0.25, 0.3) is 11.1 Å². The lowest BCUT2D eigenvalue weighted by molar-refractivity contribution is -0.175. The SMILES string of the molecule is Cc1ccc(C(OC2CN(C(=O)NC(C)(C)C)C2)c2ccc(-c3ccc(C(OC4CN(C(=O)NC56CC7CC8CC(C5)C87C6)C4)c4ccc(C)cc4)c(C(F)(F)F)c3)cc2C(F)(F)F)cc1. The summed E-state index contributed by atoms with van der Waals surface area (Å²) < 4.78 is 104. The Morgan fingerprint density at radius 2 is 1.05 bits per heavy atom. The Balaban J connectivity index is 0.911. The van der Waals surface area contributed by atoms with E-state index in [0.717, 1.165) is 48.4 Å². The van der Waals surface area contributed by atoms with Crippen LogP contribution in [0.1, 0.15) is 110 Å². The molecule has 4 unspecified atom stereocenters. The first kappa shape index (κ1) is 44.7. The monoisotopic (exact) mass is 914 g/mol. The van der Waals surface area contributed by atoms with Crippen molar-refractivity contribution in [3.63, 3.8) is 0 Å². The molecule has 6 aliphatic rings. The highest BCUT2D eigenvalue weighted by atomic mass is 19.4. The Morgan fingerprint density at radius 3 is 1.42 bits per heavy atom. The molecule has 2 saturated heterocycles. The number of carbonyl (C=O) groups excluding carboxylic acids is 2. The van der Waals surface area contributed by atoms with Crippen molar-refractivity contribution in [3.05, 3.63) is 129 Å². The zero-order valence-corrected chi connectivity index (χ0v) is 37.8. The zero-order valence-electron chi connectivity index (χ0n) is 37.8. The number of nitrogens with zero attached hydrogens (tertiary/aromatic N) is 2. The molecule has 2 aliphatic heterocycles. The molecule has 8 nitrogen and oxygen atoms in total. The van der Waals surface area contributed by atoms with E-state index in [1.54, 1.807) is 53.4 Å². The molecule has 4 amide bonds. The molecular formula is C52H56F6N4O4. The van der Waals surface area contributed by atoms with Crippen LogP contribution in [-0.4, -0.2) is 71.3 Å². The summed E-state index contributed by atoms with van der Waals surface area (Å²) in [6.07, 6.45) is -7.67. The number of ether oxygens (including phenoxy) is 2. The van der Waals surface area contributed by atoms with Crippen LogP contribution in [-0.2, 0) is 21.8 Å².